The summed E-state index contributed by atoms with van der Waals surface area (Å²) in [6.07, 6.45) is 2.72. The molecule has 0 aliphatic heterocycles. The lowest BCUT2D eigenvalue weighted by Gasteiger charge is -2.21. The van der Waals surface area contributed by atoms with Crippen molar-refractivity contribution in [2.75, 3.05) is 7.11 Å². The summed E-state index contributed by atoms with van der Waals surface area (Å²) in [7, 11) is 1.65. The molecule has 5 nitrogen and oxygen atoms in total. The summed E-state index contributed by atoms with van der Waals surface area (Å²) >= 11 is 3.62. The van der Waals surface area contributed by atoms with E-state index in [2.05, 4.69) is 58.5 Å². The van der Waals surface area contributed by atoms with Gasteiger partial charge in [0.05, 0.1) is 19.3 Å². The number of aryl methyl sites for hydroxylation is 2. The van der Waals surface area contributed by atoms with Gasteiger partial charge in [-0.15, -0.1) is 0 Å². The minimum atomic E-state index is -0.191. The molecule has 2 rings (SSSR count). The van der Waals surface area contributed by atoms with E-state index in [0.29, 0.717) is 0 Å². The second-order valence-electron chi connectivity index (χ2n) is 4.95. The first-order valence-electron chi connectivity index (χ1n) is 6.94. The van der Waals surface area contributed by atoms with Crippen LogP contribution in [0, 0.1) is 6.92 Å². The van der Waals surface area contributed by atoms with Crippen LogP contribution in [0.4, 0.5) is 0 Å². The average Bonchev–Trinajstić information content (AvgIpc) is 2.85. The lowest BCUT2D eigenvalue weighted by Crippen LogP contribution is -2.31. The molecule has 0 saturated heterocycles. The molecule has 0 spiro atoms. The first kappa shape index (κ1) is 16.0. The normalized spacial score (nSPS) is 12.4. The van der Waals surface area contributed by atoms with Crippen LogP contribution in [0.25, 0.3) is 0 Å². The smallest absolute Gasteiger partial charge is 0.161 e. The molecule has 1 heterocycles. The highest BCUT2D eigenvalue weighted by Gasteiger charge is 2.24. The second kappa shape index (κ2) is 7.06. The quantitative estimate of drug-likeness (QED) is 0.619. The van der Waals surface area contributed by atoms with Gasteiger partial charge < -0.3 is 4.74 Å². The summed E-state index contributed by atoms with van der Waals surface area (Å²) in [5.41, 5.74) is 6.07. The Balaban J connectivity index is 2.52. The first-order chi connectivity index (χ1) is 10.1. The standard InChI is InChI=1S/C15H21BrN4O/c1-4-7-20-15(13(21-3)9-18-20)14(19-17)11-6-5-10(2)8-12(11)16/h5-6,8-9,14,19H,4,7,17H2,1-3H3. The van der Waals surface area contributed by atoms with E-state index in [1.807, 2.05) is 4.68 Å². The van der Waals surface area contributed by atoms with E-state index in [9.17, 15) is 0 Å². The van der Waals surface area contributed by atoms with Crippen molar-refractivity contribution in [3.63, 3.8) is 0 Å². The zero-order valence-corrected chi connectivity index (χ0v) is 14.1. The predicted molar refractivity (Wildman–Crippen MR) is 87.1 cm³/mol. The van der Waals surface area contributed by atoms with Crippen molar-refractivity contribution < 1.29 is 4.74 Å². The van der Waals surface area contributed by atoms with Gasteiger partial charge >= 0.3 is 0 Å². The molecule has 0 amide bonds. The number of hydrogen-bond acceptors (Lipinski definition) is 4. The van der Waals surface area contributed by atoms with E-state index in [-0.39, 0.29) is 6.04 Å². The van der Waals surface area contributed by atoms with Crippen molar-refractivity contribution in [3.05, 3.63) is 45.7 Å². The molecule has 1 aromatic heterocycles. The molecular weight excluding hydrogens is 332 g/mol. The number of halogens is 1. The number of benzene rings is 1. The molecule has 0 bridgehead atoms. The maximum absolute atomic E-state index is 5.82. The van der Waals surface area contributed by atoms with Crippen LogP contribution >= 0.6 is 15.9 Å². The van der Waals surface area contributed by atoms with Crippen molar-refractivity contribution >= 4 is 15.9 Å². The number of nitrogens with zero attached hydrogens (tertiary/aromatic N) is 2. The Morgan fingerprint density at radius 1 is 1.48 bits per heavy atom. The molecule has 0 aliphatic rings. The van der Waals surface area contributed by atoms with Crippen LogP contribution in [0.3, 0.4) is 0 Å². The molecule has 0 aliphatic carbocycles. The van der Waals surface area contributed by atoms with Gasteiger partial charge in [-0.05, 0) is 30.5 Å². The minimum Gasteiger partial charge on any atom is -0.493 e. The topological polar surface area (TPSA) is 65.1 Å². The fraction of sp³-hybridized carbons (Fsp3) is 0.400. The van der Waals surface area contributed by atoms with E-state index in [1.54, 1.807) is 13.3 Å². The third kappa shape index (κ3) is 3.28. The molecule has 1 atom stereocenters. The van der Waals surface area contributed by atoms with Gasteiger partial charge in [0.1, 0.15) is 5.69 Å². The van der Waals surface area contributed by atoms with E-state index in [1.165, 1.54) is 5.56 Å². The first-order valence-corrected chi connectivity index (χ1v) is 7.73. The van der Waals surface area contributed by atoms with Gasteiger partial charge in [0.15, 0.2) is 5.75 Å². The molecule has 1 unspecified atom stereocenters. The van der Waals surface area contributed by atoms with Gasteiger partial charge in [-0.1, -0.05) is 35.0 Å². The predicted octanol–water partition coefficient (Wildman–Crippen LogP) is 2.93. The molecule has 0 radical (unpaired) electrons. The molecule has 1 aromatic carbocycles. The maximum atomic E-state index is 5.82. The Labute approximate surface area is 133 Å². The molecule has 114 valence electrons. The number of aromatic nitrogens is 2. The monoisotopic (exact) mass is 352 g/mol. The fourth-order valence-electron chi connectivity index (χ4n) is 2.40. The maximum Gasteiger partial charge on any atom is 0.161 e. The number of hydrazine groups is 1. The van der Waals surface area contributed by atoms with Gasteiger partial charge in [-0.25, -0.2) is 5.43 Å². The summed E-state index contributed by atoms with van der Waals surface area (Å²) in [5.74, 6) is 6.56. The molecule has 21 heavy (non-hydrogen) atoms. The van der Waals surface area contributed by atoms with Crippen LogP contribution in [0.2, 0.25) is 0 Å². The molecular formula is C15H21BrN4O. The molecule has 3 N–H and O–H groups in total. The van der Waals surface area contributed by atoms with Crippen LogP contribution in [-0.2, 0) is 6.54 Å². The van der Waals surface area contributed by atoms with Crippen molar-refractivity contribution in [1.82, 2.24) is 15.2 Å². The lowest BCUT2D eigenvalue weighted by molar-refractivity contribution is 0.398. The van der Waals surface area contributed by atoms with Gasteiger partial charge in [-0.3, -0.25) is 10.5 Å². The zero-order chi connectivity index (χ0) is 15.4. The Morgan fingerprint density at radius 2 is 2.24 bits per heavy atom. The summed E-state index contributed by atoms with van der Waals surface area (Å²) in [4.78, 5) is 0. The molecule has 6 heteroatoms. The third-order valence-corrected chi connectivity index (χ3v) is 4.09. The van der Waals surface area contributed by atoms with Crippen LogP contribution in [0.15, 0.2) is 28.9 Å². The highest BCUT2D eigenvalue weighted by atomic mass is 79.9. The SMILES string of the molecule is CCCn1ncc(OC)c1C(NN)c1ccc(C)cc1Br. The molecule has 0 fully saturated rings. The lowest BCUT2D eigenvalue weighted by atomic mass is 10.0. The van der Waals surface area contributed by atoms with Gasteiger partial charge in [0.25, 0.3) is 0 Å². The Kier molecular flexibility index (Phi) is 5.39. The fourth-order valence-corrected chi connectivity index (χ4v) is 3.12. The van der Waals surface area contributed by atoms with Crippen LogP contribution in [0.1, 0.15) is 36.2 Å². The minimum absolute atomic E-state index is 0.191. The summed E-state index contributed by atoms with van der Waals surface area (Å²) in [6.45, 7) is 4.99. The molecule has 2 aromatic rings. The average molecular weight is 353 g/mol. The third-order valence-electron chi connectivity index (χ3n) is 3.41. The highest BCUT2D eigenvalue weighted by molar-refractivity contribution is 9.10. The van der Waals surface area contributed by atoms with Gasteiger partial charge in [0.2, 0.25) is 0 Å². The van der Waals surface area contributed by atoms with Crippen molar-refractivity contribution in [1.29, 1.82) is 0 Å². The number of methoxy groups -OCH3 is 1. The molecule has 0 saturated carbocycles. The van der Waals surface area contributed by atoms with Crippen LogP contribution < -0.4 is 16.0 Å². The van der Waals surface area contributed by atoms with Crippen molar-refractivity contribution in [2.45, 2.75) is 32.9 Å². The number of ether oxygens (including phenoxy) is 1. The van der Waals surface area contributed by atoms with Crippen LogP contribution in [-0.4, -0.2) is 16.9 Å². The van der Waals surface area contributed by atoms with E-state index < -0.39 is 0 Å². The van der Waals surface area contributed by atoms with E-state index >= 15 is 0 Å². The highest BCUT2D eigenvalue weighted by Crippen LogP contribution is 2.33. The second-order valence-corrected chi connectivity index (χ2v) is 5.80. The van der Waals surface area contributed by atoms with Gasteiger partial charge in [0, 0.05) is 11.0 Å². The van der Waals surface area contributed by atoms with E-state index in [0.717, 1.165) is 34.4 Å². The van der Waals surface area contributed by atoms with E-state index in [4.69, 9.17) is 10.6 Å². The largest absolute Gasteiger partial charge is 0.493 e. The number of nitrogens with one attached hydrogen (secondary N) is 1. The van der Waals surface area contributed by atoms with Crippen molar-refractivity contribution in [3.8, 4) is 5.75 Å². The summed E-state index contributed by atoms with van der Waals surface area (Å²) in [5, 5.41) is 4.40. The zero-order valence-electron chi connectivity index (χ0n) is 12.6. The van der Waals surface area contributed by atoms with Gasteiger partial charge in [-0.2, -0.15) is 5.10 Å². The Hall–Kier alpha value is -1.37. The summed E-state index contributed by atoms with van der Waals surface area (Å²) < 4.78 is 8.40. The Morgan fingerprint density at radius 3 is 2.81 bits per heavy atom. The number of rotatable bonds is 6. The number of nitrogens with two attached hydrogens (primary N) is 1. The van der Waals surface area contributed by atoms with Crippen LogP contribution in [0.5, 0.6) is 5.75 Å². The summed E-state index contributed by atoms with van der Waals surface area (Å²) in [6, 6.07) is 6.01. The van der Waals surface area contributed by atoms with Crippen molar-refractivity contribution in [2.24, 2.45) is 5.84 Å². The number of hydrogen-bond donors (Lipinski definition) is 2. The Bertz CT molecular complexity index is 612.